The van der Waals surface area contributed by atoms with Crippen LogP contribution in [0.2, 0.25) is 0 Å². The highest BCUT2D eigenvalue weighted by Crippen LogP contribution is 2.24. The zero-order valence-corrected chi connectivity index (χ0v) is 17.9. The molecule has 0 saturated carbocycles. The van der Waals surface area contributed by atoms with Gasteiger partial charge in [-0.25, -0.2) is 0 Å². The second kappa shape index (κ2) is 10.3. The second-order valence-electron chi connectivity index (χ2n) is 7.77. The molecule has 0 fully saturated rings. The van der Waals surface area contributed by atoms with Crippen LogP contribution in [0, 0.1) is 5.92 Å². The minimum absolute atomic E-state index is 0.103. The molecular formula is C23H34N2O3. The van der Waals surface area contributed by atoms with Crippen molar-refractivity contribution < 1.29 is 9.53 Å². The Morgan fingerprint density at radius 1 is 1.18 bits per heavy atom. The molecule has 1 heterocycles. The molecule has 0 aliphatic carbocycles. The molecular weight excluding hydrogens is 352 g/mol. The van der Waals surface area contributed by atoms with E-state index < -0.39 is 0 Å². The Bertz CT molecular complexity index is 855. The van der Waals surface area contributed by atoms with Crippen molar-refractivity contribution in [3.05, 3.63) is 39.7 Å². The standard InChI is InChI=1S/C23H34N2O3/c1-6-8-12-25(13-11-16(3)4)22(26)15-20-18(7-2)23(27)24-21-14-17(28-5)9-10-19(20)21/h9-10,14,16H,6-8,11-13,15H2,1-5H3,(H,24,27). The first-order valence-electron chi connectivity index (χ1n) is 10.4. The molecule has 0 unspecified atom stereocenters. The smallest absolute Gasteiger partial charge is 0.251 e. The predicted octanol–water partition coefficient (Wildman–Crippen LogP) is 4.32. The van der Waals surface area contributed by atoms with E-state index in [2.05, 4.69) is 25.8 Å². The lowest BCUT2D eigenvalue weighted by molar-refractivity contribution is -0.130. The van der Waals surface area contributed by atoms with Crippen LogP contribution < -0.4 is 10.3 Å². The number of rotatable bonds is 10. The van der Waals surface area contributed by atoms with Crippen molar-refractivity contribution >= 4 is 16.8 Å². The van der Waals surface area contributed by atoms with Crippen molar-refractivity contribution in [3.8, 4) is 5.75 Å². The van der Waals surface area contributed by atoms with Gasteiger partial charge >= 0.3 is 0 Å². The summed E-state index contributed by atoms with van der Waals surface area (Å²) >= 11 is 0. The van der Waals surface area contributed by atoms with Gasteiger partial charge in [0.05, 0.1) is 19.0 Å². The van der Waals surface area contributed by atoms with Crippen LogP contribution in [0.15, 0.2) is 23.0 Å². The van der Waals surface area contributed by atoms with Gasteiger partial charge in [-0.3, -0.25) is 9.59 Å². The minimum atomic E-state index is -0.117. The Morgan fingerprint density at radius 3 is 2.54 bits per heavy atom. The van der Waals surface area contributed by atoms with E-state index >= 15 is 0 Å². The normalized spacial score (nSPS) is 11.2. The van der Waals surface area contributed by atoms with Crippen LogP contribution in [0.25, 0.3) is 10.9 Å². The fraction of sp³-hybridized carbons (Fsp3) is 0.565. The lowest BCUT2D eigenvalue weighted by atomic mass is 9.98. The number of H-pyrrole nitrogens is 1. The molecule has 1 aromatic carbocycles. The Hall–Kier alpha value is -2.30. The van der Waals surface area contributed by atoms with Gasteiger partial charge in [-0.2, -0.15) is 0 Å². The van der Waals surface area contributed by atoms with Gasteiger partial charge in [0.1, 0.15) is 5.75 Å². The molecule has 0 spiro atoms. The van der Waals surface area contributed by atoms with Crippen molar-refractivity contribution in [1.82, 2.24) is 9.88 Å². The average Bonchev–Trinajstić information content (AvgIpc) is 2.67. The number of carbonyl (C=O) groups excluding carboxylic acids is 1. The van der Waals surface area contributed by atoms with Crippen LogP contribution >= 0.6 is 0 Å². The summed E-state index contributed by atoms with van der Waals surface area (Å²) in [6, 6.07) is 5.63. The molecule has 1 N–H and O–H groups in total. The lowest BCUT2D eigenvalue weighted by Gasteiger charge is -2.24. The molecule has 0 bridgehead atoms. The number of unbranched alkanes of at least 4 members (excludes halogenated alkanes) is 1. The van der Waals surface area contributed by atoms with Crippen molar-refractivity contribution in [3.63, 3.8) is 0 Å². The Kier molecular flexibility index (Phi) is 8.09. The molecule has 28 heavy (non-hydrogen) atoms. The first-order chi connectivity index (χ1) is 13.4. The van der Waals surface area contributed by atoms with E-state index in [-0.39, 0.29) is 17.9 Å². The van der Waals surface area contributed by atoms with Crippen LogP contribution in [-0.2, 0) is 17.6 Å². The topological polar surface area (TPSA) is 62.4 Å². The molecule has 5 nitrogen and oxygen atoms in total. The van der Waals surface area contributed by atoms with Gasteiger partial charge < -0.3 is 14.6 Å². The second-order valence-corrected chi connectivity index (χ2v) is 7.77. The van der Waals surface area contributed by atoms with Gasteiger partial charge in [0.2, 0.25) is 5.91 Å². The maximum Gasteiger partial charge on any atom is 0.251 e. The quantitative estimate of drug-likeness (QED) is 0.661. The van der Waals surface area contributed by atoms with Gasteiger partial charge in [0.15, 0.2) is 0 Å². The average molecular weight is 387 g/mol. The van der Waals surface area contributed by atoms with Crippen LogP contribution in [0.5, 0.6) is 5.75 Å². The third-order valence-corrected chi connectivity index (χ3v) is 5.23. The summed E-state index contributed by atoms with van der Waals surface area (Å²) in [7, 11) is 1.60. The van der Waals surface area contributed by atoms with Crippen molar-refractivity contribution in [2.24, 2.45) is 5.92 Å². The number of benzene rings is 1. The van der Waals surface area contributed by atoms with Crippen LogP contribution in [-0.4, -0.2) is 36.0 Å². The number of fused-ring (bicyclic) bond motifs is 1. The molecule has 5 heteroatoms. The Labute approximate surface area is 168 Å². The van der Waals surface area contributed by atoms with Gasteiger partial charge in [0.25, 0.3) is 5.56 Å². The summed E-state index contributed by atoms with van der Waals surface area (Å²) < 4.78 is 5.28. The molecule has 2 rings (SSSR count). The van der Waals surface area contributed by atoms with Gasteiger partial charge in [-0.15, -0.1) is 0 Å². The SMILES string of the molecule is CCCCN(CCC(C)C)C(=O)Cc1c(CC)c(=O)[nH]c2cc(OC)ccc12. The number of aromatic nitrogens is 1. The summed E-state index contributed by atoms with van der Waals surface area (Å²) in [5.74, 6) is 1.34. The molecule has 1 aromatic heterocycles. The van der Waals surface area contributed by atoms with Crippen molar-refractivity contribution in [2.75, 3.05) is 20.2 Å². The molecule has 0 aliphatic heterocycles. The van der Waals surface area contributed by atoms with Crippen molar-refractivity contribution in [2.45, 2.75) is 59.8 Å². The maximum atomic E-state index is 13.2. The number of nitrogens with zero attached hydrogens (tertiary/aromatic N) is 1. The number of pyridine rings is 1. The lowest BCUT2D eigenvalue weighted by Crippen LogP contribution is -2.35. The number of hydrogen-bond donors (Lipinski definition) is 1. The molecule has 2 aromatic rings. The van der Waals surface area contributed by atoms with E-state index in [1.165, 1.54) is 0 Å². The first kappa shape index (κ1) is 22.0. The molecule has 0 radical (unpaired) electrons. The monoisotopic (exact) mass is 386 g/mol. The number of amides is 1. The summed E-state index contributed by atoms with van der Waals surface area (Å²) in [5, 5.41) is 0.921. The van der Waals surface area contributed by atoms with E-state index in [4.69, 9.17) is 4.74 Å². The number of nitrogens with one attached hydrogen (secondary N) is 1. The highest BCUT2D eigenvalue weighted by molar-refractivity contribution is 5.89. The highest BCUT2D eigenvalue weighted by Gasteiger charge is 2.19. The predicted molar refractivity (Wildman–Crippen MR) is 115 cm³/mol. The highest BCUT2D eigenvalue weighted by atomic mass is 16.5. The molecule has 154 valence electrons. The van der Waals surface area contributed by atoms with E-state index in [0.29, 0.717) is 29.2 Å². The number of ether oxygens (including phenoxy) is 1. The van der Waals surface area contributed by atoms with Gasteiger partial charge in [-0.1, -0.05) is 34.1 Å². The molecule has 0 saturated heterocycles. The Morgan fingerprint density at radius 2 is 1.93 bits per heavy atom. The summed E-state index contributed by atoms with van der Waals surface area (Å²) in [6.07, 6.45) is 3.90. The molecule has 1 amide bonds. The van der Waals surface area contributed by atoms with E-state index in [1.807, 2.05) is 30.0 Å². The van der Waals surface area contributed by atoms with Gasteiger partial charge in [-0.05, 0) is 42.9 Å². The number of aromatic amines is 1. The zero-order valence-electron chi connectivity index (χ0n) is 17.9. The van der Waals surface area contributed by atoms with E-state index in [9.17, 15) is 9.59 Å². The number of methoxy groups -OCH3 is 1. The largest absolute Gasteiger partial charge is 0.497 e. The Balaban J connectivity index is 2.41. The number of carbonyl (C=O) groups is 1. The third kappa shape index (κ3) is 5.37. The minimum Gasteiger partial charge on any atom is -0.497 e. The molecule has 0 aliphatic rings. The van der Waals surface area contributed by atoms with Crippen LogP contribution in [0.3, 0.4) is 0 Å². The van der Waals surface area contributed by atoms with Crippen LogP contribution in [0.1, 0.15) is 58.1 Å². The molecule has 0 atom stereocenters. The van der Waals surface area contributed by atoms with E-state index in [0.717, 1.165) is 43.3 Å². The van der Waals surface area contributed by atoms with Crippen LogP contribution in [0.4, 0.5) is 0 Å². The van der Waals surface area contributed by atoms with E-state index in [1.54, 1.807) is 7.11 Å². The zero-order chi connectivity index (χ0) is 20.7. The summed E-state index contributed by atoms with van der Waals surface area (Å²) in [5.41, 5.74) is 2.14. The summed E-state index contributed by atoms with van der Waals surface area (Å²) in [4.78, 5) is 30.7. The fourth-order valence-corrected chi connectivity index (χ4v) is 3.48. The maximum absolute atomic E-state index is 13.2. The summed E-state index contributed by atoms with van der Waals surface area (Å²) in [6.45, 7) is 10.00. The fourth-order valence-electron chi connectivity index (χ4n) is 3.48. The first-order valence-corrected chi connectivity index (χ1v) is 10.4. The van der Waals surface area contributed by atoms with Gasteiger partial charge in [0, 0.05) is 30.1 Å². The third-order valence-electron chi connectivity index (χ3n) is 5.23. The number of hydrogen-bond acceptors (Lipinski definition) is 3. The van der Waals surface area contributed by atoms with Crippen molar-refractivity contribution in [1.29, 1.82) is 0 Å².